The first kappa shape index (κ1) is 11.1. The fourth-order valence-corrected chi connectivity index (χ4v) is 2.02. The molecule has 0 saturated heterocycles. The molecule has 76 valence electrons. The van der Waals surface area contributed by atoms with Crippen molar-refractivity contribution in [3.63, 3.8) is 0 Å². The Kier molecular flexibility index (Phi) is 3.20. The van der Waals surface area contributed by atoms with Gasteiger partial charge >= 0.3 is 0 Å². The molecule has 0 bridgehead atoms. The van der Waals surface area contributed by atoms with Gasteiger partial charge < -0.3 is 5.32 Å². The van der Waals surface area contributed by atoms with Gasteiger partial charge in [0.25, 0.3) is 0 Å². The van der Waals surface area contributed by atoms with Crippen molar-refractivity contribution < 1.29 is 8.42 Å². The molecule has 1 rings (SSSR count). The zero-order valence-electron chi connectivity index (χ0n) is 7.52. The van der Waals surface area contributed by atoms with Crippen molar-refractivity contribution in [3.8, 4) is 0 Å². The standard InChI is InChI=1S/C8H10N2O2S2/c1-10-8(13)6-4-2-3-5-7(6)14(9,11)12/h2-5H,1H3,(H,10,13)(H2,9,11,12). The van der Waals surface area contributed by atoms with E-state index in [0.717, 1.165) is 0 Å². The predicted molar refractivity (Wildman–Crippen MR) is 58.6 cm³/mol. The summed E-state index contributed by atoms with van der Waals surface area (Å²) >= 11 is 4.95. The van der Waals surface area contributed by atoms with Gasteiger partial charge in [0.15, 0.2) is 0 Å². The van der Waals surface area contributed by atoms with Crippen LogP contribution in [0.5, 0.6) is 0 Å². The molecule has 0 saturated carbocycles. The summed E-state index contributed by atoms with van der Waals surface area (Å²) in [6.45, 7) is 0. The molecule has 0 radical (unpaired) electrons. The highest BCUT2D eigenvalue weighted by atomic mass is 32.2. The van der Waals surface area contributed by atoms with Crippen LogP contribution in [0.15, 0.2) is 29.2 Å². The maximum Gasteiger partial charge on any atom is 0.238 e. The van der Waals surface area contributed by atoms with Crippen LogP contribution < -0.4 is 10.5 Å². The average molecular weight is 230 g/mol. The van der Waals surface area contributed by atoms with Gasteiger partial charge in [0.2, 0.25) is 10.0 Å². The van der Waals surface area contributed by atoms with Crippen LogP contribution in [0.3, 0.4) is 0 Å². The van der Waals surface area contributed by atoms with Gasteiger partial charge in [-0.3, -0.25) is 0 Å². The van der Waals surface area contributed by atoms with Crippen molar-refractivity contribution in [2.24, 2.45) is 5.14 Å². The topological polar surface area (TPSA) is 72.2 Å². The first-order chi connectivity index (χ1) is 6.46. The number of primary sulfonamides is 1. The second-order valence-electron chi connectivity index (χ2n) is 2.62. The molecule has 0 heterocycles. The van der Waals surface area contributed by atoms with Gasteiger partial charge in [0, 0.05) is 12.6 Å². The summed E-state index contributed by atoms with van der Waals surface area (Å²) in [5.74, 6) is 0. The molecule has 0 aliphatic rings. The van der Waals surface area contributed by atoms with E-state index < -0.39 is 10.0 Å². The van der Waals surface area contributed by atoms with Crippen molar-refractivity contribution in [1.29, 1.82) is 0 Å². The van der Waals surface area contributed by atoms with Gasteiger partial charge in [-0.2, -0.15) is 0 Å². The van der Waals surface area contributed by atoms with Crippen molar-refractivity contribution in [2.75, 3.05) is 7.05 Å². The van der Waals surface area contributed by atoms with Crippen LogP contribution in [-0.2, 0) is 10.0 Å². The number of nitrogens with one attached hydrogen (secondary N) is 1. The van der Waals surface area contributed by atoms with Crippen LogP contribution in [0.25, 0.3) is 0 Å². The van der Waals surface area contributed by atoms with E-state index in [0.29, 0.717) is 10.6 Å². The monoisotopic (exact) mass is 230 g/mol. The third kappa shape index (κ3) is 2.28. The van der Waals surface area contributed by atoms with E-state index in [-0.39, 0.29) is 4.90 Å². The molecule has 0 spiro atoms. The van der Waals surface area contributed by atoms with Crippen LogP contribution in [0.1, 0.15) is 5.56 Å². The minimum Gasteiger partial charge on any atom is -0.379 e. The number of sulfonamides is 1. The summed E-state index contributed by atoms with van der Waals surface area (Å²) in [6, 6.07) is 6.34. The number of rotatable bonds is 2. The van der Waals surface area contributed by atoms with Gasteiger partial charge in [0.1, 0.15) is 4.99 Å². The normalized spacial score (nSPS) is 11.0. The van der Waals surface area contributed by atoms with Gasteiger partial charge in [0.05, 0.1) is 4.90 Å². The van der Waals surface area contributed by atoms with Crippen molar-refractivity contribution >= 4 is 27.2 Å². The molecular formula is C8H10N2O2S2. The van der Waals surface area contributed by atoms with E-state index in [1.807, 2.05) is 0 Å². The number of hydrogen-bond donors (Lipinski definition) is 2. The van der Waals surface area contributed by atoms with Crippen LogP contribution in [0.4, 0.5) is 0 Å². The van der Waals surface area contributed by atoms with E-state index in [9.17, 15) is 8.42 Å². The molecule has 1 aromatic rings. The Hall–Kier alpha value is -0.980. The van der Waals surface area contributed by atoms with Crippen molar-refractivity contribution in [1.82, 2.24) is 5.32 Å². The average Bonchev–Trinajstić information content (AvgIpc) is 2.15. The van der Waals surface area contributed by atoms with E-state index in [1.165, 1.54) is 6.07 Å². The van der Waals surface area contributed by atoms with Crippen molar-refractivity contribution in [3.05, 3.63) is 29.8 Å². The lowest BCUT2D eigenvalue weighted by Crippen LogP contribution is -2.22. The zero-order valence-corrected chi connectivity index (χ0v) is 9.15. The lowest BCUT2D eigenvalue weighted by molar-refractivity contribution is 0.597. The molecule has 0 aliphatic carbocycles. The Morgan fingerprint density at radius 1 is 1.43 bits per heavy atom. The van der Waals surface area contributed by atoms with Gasteiger partial charge in [-0.25, -0.2) is 13.6 Å². The lowest BCUT2D eigenvalue weighted by Gasteiger charge is -2.07. The quantitative estimate of drug-likeness (QED) is 0.713. The second-order valence-corrected chi connectivity index (χ2v) is 4.56. The SMILES string of the molecule is CNC(=S)c1ccccc1S(N)(=O)=O. The van der Waals surface area contributed by atoms with E-state index in [4.69, 9.17) is 17.4 Å². The minimum absolute atomic E-state index is 0.0411. The fraction of sp³-hybridized carbons (Fsp3) is 0.125. The molecule has 0 atom stereocenters. The summed E-state index contributed by atoms with van der Waals surface area (Å²) in [5.41, 5.74) is 0.424. The Morgan fingerprint density at radius 3 is 2.50 bits per heavy atom. The van der Waals surface area contributed by atoms with E-state index >= 15 is 0 Å². The van der Waals surface area contributed by atoms with Gasteiger partial charge in [-0.05, 0) is 6.07 Å². The summed E-state index contributed by atoms with van der Waals surface area (Å²) in [5, 5.41) is 7.74. The Balaban J connectivity index is 3.38. The summed E-state index contributed by atoms with van der Waals surface area (Å²) in [7, 11) is -2.09. The van der Waals surface area contributed by atoms with E-state index in [1.54, 1.807) is 25.2 Å². The van der Waals surface area contributed by atoms with Crippen molar-refractivity contribution in [2.45, 2.75) is 4.90 Å². The van der Waals surface area contributed by atoms with Crippen LogP contribution >= 0.6 is 12.2 Å². The molecule has 0 fully saturated rings. The number of thiocarbonyl (C=S) groups is 1. The van der Waals surface area contributed by atoms with Crippen LogP contribution in [0, 0.1) is 0 Å². The van der Waals surface area contributed by atoms with Gasteiger partial charge in [-0.15, -0.1) is 0 Å². The van der Waals surface area contributed by atoms with Gasteiger partial charge in [-0.1, -0.05) is 30.4 Å². The molecule has 3 N–H and O–H groups in total. The highest BCUT2D eigenvalue weighted by Crippen LogP contribution is 2.13. The minimum atomic E-state index is -3.72. The van der Waals surface area contributed by atoms with Crippen LogP contribution in [0.2, 0.25) is 0 Å². The summed E-state index contributed by atoms with van der Waals surface area (Å²) in [4.78, 5) is 0.397. The third-order valence-corrected chi connectivity index (χ3v) is 3.06. The summed E-state index contributed by atoms with van der Waals surface area (Å²) < 4.78 is 22.3. The summed E-state index contributed by atoms with van der Waals surface area (Å²) in [6.07, 6.45) is 0. The molecular weight excluding hydrogens is 220 g/mol. The molecule has 6 heteroatoms. The molecule has 0 amide bonds. The Labute approximate surface area is 88.2 Å². The number of benzene rings is 1. The molecule has 14 heavy (non-hydrogen) atoms. The first-order valence-corrected chi connectivity index (χ1v) is 5.76. The first-order valence-electron chi connectivity index (χ1n) is 3.80. The predicted octanol–water partition coefficient (Wildman–Crippen LogP) is 0.229. The number of hydrogen-bond acceptors (Lipinski definition) is 3. The number of nitrogens with two attached hydrogens (primary N) is 1. The lowest BCUT2D eigenvalue weighted by atomic mass is 10.2. The second kappa shape index (κ2) is 4.04. The highest BCUT2D eigenvalue weighted by Gasteiger charge is 2.14. The van der Waals surface area contributed by atoms with E-state index in [2.05, 4.69) is 5.32 Å². The molecule has 1 aromatic carbocycles. The molecule has 0 aliphatic heterocycles. The Morgan fingerprint density at radius 2 is 2.00 bits per heavy atom. The zero-order chi connectivity index (χ0) is 10.8. The molecule has 0 aromatic heterocycles. The third-order valence-electron chi connectivity index (χ3n) is 1.67. The maximum absolute atomic E-state index is 11.2. The largest absolute Gasteiger partial charge is 0.379 e. The highest BCUT2D eigenvalue weighted by molar-refractivity contribution is 7.89. The maximum atomic E-state index is 11.2. The smallest absolute Gasteiger partial charge is 0.238 e. The molecule has 4 nitrogen and oxygen atoms in total. The van der Waals surface area contributed by atoms with Crippen LogP contribution in [-0.4, -0.2) is 20.5 Å². The molecule has 0 unspecified atom stereocenters. The Bertz CT molecular complexity index is 454. The fourth-order valence-electron chi connectivity index (χ4n) is 1.04.